The maximum Gasteiger partial charge on any atom is 1.00 e. The van der Waals surface area contributed by atoms with Gasteiger partial charge in [-0.05, 0) is 72.3 Å². The van der Waals surface area contributed by atoms with Crippen LogP contribution in [0.15, 0.2) is 89.4 Å². The van der Waals surface area contributed by atoms with Crippen LogP contribution in [0.1, 0.15) is 36.1 Å². The van der Waals surface area contributed by atoms with Crippen LogP contribution in [0.2, 0.25) is 0 Å². The van der Waals surface area contributed by atoms with E-state index in [-0.39, 0.29) is 66.5 Å². The first kappa shape index (κ1) is 30.1. The van der Waals surface area contributed by atoms with Gasteiger partial charge in [-0.15, -0.1) is 18.5 Å². The van der Waals surface area contributed by atoms with Crippen LogP contribution < -0.4 is 64.4 Å². The minimum absolute atomic E-state index is 0. The predicted octanol–water partition coefficient (Wildman–Crippen LogP) is 1.21. The maximum absolute atomic E-state index is 4.56. The first-order valence-electron chi connectivity index (χ1n) is 11.2. The van der Waals surface area contributed by atoms with Crippen molar-refractivity contribution in [3.63, 3.8) is 0 Å². The Morgan fingerprint density at radius 1 is 1.11 bits per heavy atom. The third-order valence-corrected chi connectivity index (χ3v) is 7.12. The average Bonchev–Trinajstić information content (AvgIpc) is 3.45. The molecular weight excluding hydrogens is 468 g/mol. The standard InChI is InChI=1S/C28H28N3S.CH3.2Na/c1-3-21-16-24-17-26(19-30-20(2)22-11-12-22)31(32-27-9-5-4-6-10-27)28(24)18-23(21)13-14-25-8-7-15-29-25;;;/h3-10,16-18,30H,1-2,11-15,19H2;1H3;;/q2*-1;2*+1. The Morgan fingerprint density at radius 2 is 1.89 bits per heavy atom. The van der Waals surface area contributed by atoms with Gasteiger partial charge in [0.15, 0.2) is 0 Å². The van der Waals surface area contributed by atoms with E-state index in [2.05, 4.69) is 88.1 Å². The summed E-state index contributed by atoms with van der Waals surface area (Å²) < 4.78 is 2.37. The van der Waals surface area contributed by atoms with E-state index < -0.39 is 0 Å². The van der Waals surface area contributed by atoms with Gasteiger partial charge in [0.25, 0.3) is 0 Å². The van der Waals surface area contributed by atoms with Crippen molar-refractivity contribution < 1.29 is 59.1 Å². The summed E-state index contributed by atoms with van der Waals surface area (Å²) >= 11 is 1.77. The van der Waals surface area contributed by atoms with Crippen LogP contribution in [0.3, 0.4) is 0 Å². The van der Waals surface area contributed by atoms with E-state index in [0.717, 1.165) is 31.6 Å². The van der Waals surface area contributed by atoms with E-state index in [1.165, 1.54) is 57.1 Å². The molecule has 0 saturated heterocycles. The minimum Gasteiger partial charge on any atom is -0.412 e. The first-order valence-corrected chi connectivity index (χ1v) is 12.0. The molecule has 1 aliphatic heterocycles. The summed E-state index contributed by atoms with van der Waals surface area (Å²) in [5.41, 5.74) is 7.29. The molecule has 5 rings (SSSR count). The van der Waals surface area contributed by atoms with E-state index in [4.69, 9.17) is 0 Å². The molecule has 0 radical (unpaired) electrons. The van der Waals surface area contributed by atoms with Crippen LogP contribution in [0.5, 0.6) is 0 Å². The molecular formula is C29H31N3Na2S. The summed E-state index contributed by atoms with van der Waals surface area (Å²) in [7, 11) is 0. The van der Waals surface area contributed by atoms with Crippen LogP contribution in [0, 0.1) is 13.3 Å². The van der Waals surface area contributed by atoms with Crippen LogP contribution in [-0.2, 0) is 13.0 Å². The minimum atomic E-state index is 0. The Morgan fingerprint density at radius 3 is 2.54 bits per heavy atom. The van der Waals surface area contributed by atoms with Crippen LogP contribution in [0.25, 0.3) is 17.0 Å². The molecule has 0 spiro atoms. The Balaban J connectivity index is 0.00000144. The van der Waals surface area contributed by atoms with Crippen molar-refractivity contribution in [2.24, 2.45) is 4.99 Å². The molecule has 1 saturated carbocycles. The fraction of sp³-hybridized carbons (Fsp3) is 0.207. The van der Waals surface area contributed by atoms with Gasteiger partial charge in [0.1, 0.15) is 0 Å². The molecule has 0 atom stereocenters. The second-order valence-electron chi connectivity index (χ2n) is 8.32. The van der Waals surface area contributed by atoms with Gasteiger partial charge in [-0.25, -0.2) is 6.58 Å². The summed E-state index contributed by atoms with van der Waals surface area (Å²) in [5, 5.41) is 4.79. The van der Waals surface area contributed by atoms with Crippen molar-refractivity contribution in [2.45, 2.75) is 37.1 Å². The van der Waals surface area contributed by atoms with Gasteiger partial charge in [0.05, 0.1) is 18.6 Å². The number of benzene rings is 2. The zero-order valence-corrected chi connectivity index (χ0v) is 26.1. The van der Waals surface area contributed by atoms with Crippen molar-refractivity contribution in [2.75, 3.05) is 6.54 Å². The molecule has 2 heterocycles. The van der Waals surface area contributed by atoms with Crippen LogP contribution in [0.4, 0.5) is 0 Å². The molecule has 1 fully saturated rings. The molecule has 2 aromatic carbocycles. The smallest absolute Gasteiger partial charge is 0.412 e. The van der Waals surface area contributed by atoms with Crippen LogP contribution in [-0.4, -0.2) is 16.2 Å². The quantitative estimate of drug-likeness (QED) is 0.336. The van der Waals surface area contributed by atoms with Crippen molar-refractivity contribution in [1.29, 1.82) is 0 Å². The molecule has 0 bridgehead atoms. The molecule has 35 heavy (non-hydrogen) atoms. The first-order chi connectivity index (χ1) is 15.7. The Labute approximate surface area is 259 Å². The predicted molar refractivity (Wildman–Crippen MR) is 144 cm³/mol. The van der Waals surface area contributed by atoms with Crippen molar-refractivity contribution in [3.8, 4) is 0 Å². The van der Waals surface area contributed by atoms with Crippen molar-refractivity contribution in [3.05, 3.63) is 110 Å². The summed E-state index contributed by atoms with van der Waals surface area (Å²) in [6.07, 6.45) is 10.5. The van der Waals surface area contributed by atoms with E-state index >= 15 is 0 Å². The number of aromatic nitrogens is 1. The zero-order chi connectivity index (χ0) is 21.9. The van der Waals surface area contributed by atoms with Gasteiger partial charge >= 0.3 is 59.1 Å². The number of hydrogen-bond donors (Lipinski definition) is 1. The number of hydrogen-bond acceptors (Lipinski definition) is 3. The van der Waals surface area contributed by atoms with E-state index in [1.54, 1.807) is 11.9 Å². The summed E-state index contributed by atoms with van der Waals surface area (Å²) in [5.74, 6) is 1.45. The number of rotatable bonds is 10. The molecule has 0 amide bonds. The Kier molecular flexibility index (Phi) is 12.0. The third kappa shape index (κ3) is 7.45. The van der Waals surface area contributed by atoms with Crippen molar-refractivity contribution in [1.82, 2.24) is 9.29 Å². The molecule has 1 aliphatic carbocycles. The second-order valence-corrected chi connectivity index (χ2v) is 9.34. The van der Waals surface area contributed by atoms with Crippen molar-refractivity contribution >= 4 is 34.6 Å². The normalized spacial score (nSPS) is 13.4. The molecule has 1 aromatic heterocycles. The van der Waals surface area contributed by atoms with E-state index in [1.807, 2.05) is 6.08 Å². The number of nitrogens with zero attached hydrogens (tertiary/aromatic N) is 2. The second kappa shape index (κ2) is 14.0. The van der Waals surface area contributed by atoms with E-state index in [0.29, 0.717) is 0 Å². The fourth-order valence-electron chi connectivity index (χ4n) is 4.10. The topological polar surface area (TPSA) is 29.3 Å². The number of aliphatic imine (C=N–C) groups is 1. The van der Waals surface area contributed by atoms with Gasteiger partial charge in [0, 0.05) is 21.7 Å². The summed E-state index contributed by atoms with van der Waals surface area (Å²) in [6.45, 7) is 9.87. The number of aryl methyl sites for hydroxylation is 1. The zero-order valence-electron chi connectivity index (χ0n) is 21.3. The average molecular weight is 500 g/mol. The molecule has 0 unspecified atom stereocenters. The summed E-state index contributed by atoms with van der Waals surface area (Å²) in [4.78, 5) is 5.78. The van der Waals surface area contributed by atoms with Gasteiger partial charge in [-0.3, -0.25) is 8.96 Å². The third-order valence-electron chi connectivity index (χ3n) is 6.02. The fourth-order valence-corrected chi connectivity index (χ4v) is 5.08. The Hall–Kier alpha value is -1.11. The number of allylic oxidation sites excluding steroid dienone is 2. The monoisotopic (exact) mass is 499 g/mol. The summed E-state index contributed by atoms with van der Waals surface area (Å²) in [6, 6.07) is 17.5. The number of nitrogens with one attached hydrogen (secondary N) is 1. The molecule has 1 N–H and O–H groups in total. The molecule has 6 heteroatoms. The van der Waals surface area contributed by atoms with Crippen LogP contribution >= 0.6 is 11.9 Å². The van der Waals surface area contributed by atoms with Gasteiger partial charge in [0.2, 0.25) is 0 Å². The molecule has 3 aromatic rings. The number of fused-ring (bicyclic) bond motifs is 1. The van der Waals surface area contributed by atoms with Gasteiger partial charge in [-0.1, -0.05) is 36.9 Å². The van der Waals surface area contributed by atoms with E-state index in [9.17, 15) is 0 Å². The molecule has 3 nitrogen and oxygen atoms in total. The Bertz CT molecular complexity index is 1220. The largest absolute Gasteiger partial charge is 1.00 e. The molecule has 2 aliphatic rings. The SMILES string of the molecule is C=Cc1cc2cc(CNC(=C)[C-]3CC3)n(Sc3ccccc3)c2cc1CCC1=NCC=C1.[CH3-].[Na+].[Na+]. The maximum atomic E-state index is 4.56. The van der Waals surface area contributed by atoms with Gasteiger partial charge < -0.3 is 12.7 Å². The molecule has 170 valence electrons. The van der Waals surface area contributed by atoms with Gasteiger partial charge in [-0.2, -0.15) is 5.92 Å².